The van der Waals surface area contributed by atoms with Gasteiger partial charge in [0.2, 0.25) is 11.8 Å². The third-order valence-electron chi connectivity index (χ3n) is 7.45. The van der Waals surface area contributed by atoms with Crippen molar-refractivity contribution < 1.29 is 18.0 Å². The summed E-state index contributed by atoms with van der Waals surface area (Å²) < 4.78 is 30.2. The summed E-state index contributed by atoms with van der Waals surface area (Å²) in [5.41, 5.74) is 2.55. The van der Waals surface area contributed by atoms with E-state index in [-0.39, 0.29) is 39.5 Å². The summed E-state index contributed by atoms with van der Waals surface area (Å²) in [4.78, 5) is 29.8. The first kappa shape index (κ1) is 35.5. The monoisotopic (exact) mass is 743 g/mol. The summed E-state index contributed by atoms with van der Waals surface area (Å²) in [7, 11) is -4.30. The van der Waals surface area contributed by atoms with Crippen molar-refractivity contribution in [3.8, 4) is 0 Å². The zero-order valence-corrected chi connectivity index (χ0v) is 29.5. The molecule has 1 atom stereocenters. The zero-order valence-electron chi connectivity index (χ0n) is 25.6. The molecule has 0 fully saturated rings. The van der Waals surface area contributed by atoms with Crippen LogP contribution in [-0.4, -0.2) is 44.3 Å². The van der Waals surface area contributed by atoms with E-state index in [1.165, 1.54) is 23.1 Å². The van der Waals surface area contributed by atoms with Gasteiger partial charge in [-0.2, -0.15) is 0 Å². The molecule has 11 heteroatoms. The van der Waals surface area contributed by atoms with E-state index in [1.807, 2.05) is 68.4 Å². The second-order valence-corrected chi connectivity index (χ2v) is 14.5. The number of unbranched alkanes of at least 4 members (excludes halogenated alkanes) is 1. The number of rotatable bonds is 14. The van der Waals surface area contributed by atoms with Gasteiger partial charge in [0, 0.05) is 24.0 Å². The summed E-state index contributed by atoms with van der Waals surface area (Å²) in [6, 6.07) is 26.9. The van der Waals surface area contributed by atoms with Crippen LogP contribution in [0.15, 0.2) is 106 Å². The number of amides is 2. The molecule has 0 radical (unpaired) electrons. The van der Waals surface area contributed by atoms with Gasteiger partial charge in [-0.1, -0.05) is 119 Å². The Bertz CT molecular complexity index is 1740. The van der Waals surface area contributed by atoms with Crippen LogP contribution in [0.3, 0.4) is 0 Å². The van der Waals surface area contributed by atoms with Crippen LogP contribution in [0.2, 0.25) is 10.0 Å². The van der Waals surface area contributed by atoms with Crippen LogP contribution in [0.1, 0.15) is 36.5 Å². The number of halogens is 3. The van der Waals surface area contributed by atoms with E-state index in [0.29, 0.717) is 6.54 Å². The van der Waals surface area contributed by atoms with Gasteiger partial charge >= 0.3 is 0 Å². The summed E-state index contributed by atoms with van der Waals surface area (Å²) in [6.45, 7) is 3.77. The smallest absolute Gasteiger partial charge is 0.264 e. The largest absolute Gasteiger partial charge is 0.354 e. The minimum Gasteiger partial charge on any atom is -0.354 e. The molecular formula is C35H36BrCl2N3O4S. The molecule has 1 N–H and O–H groups in total. The van der Waals surface area contributed by atoms with E-state index in [0.717, 1.165) is 38.3 Å². The van der Waals surface area contributed by atoms with Crippen molar-refractivity contribution in [2.75, 3.05) is 17.4 Å². The Hall–Kier alpha value is -3.37. The number of nitrogens with zero attached hydrogens (tertiary/aromatic N) is 2. The predicted molar refractivity (Wildman–Crippen MR) is 189 cm³/mol. The molecule has 0 bridgehead atoms. The lowest BCUT2D eigenvalue weighted by Gasteiger charge is -2.34. The van der Waals surface area contributed by atoms with Crippen LogP contribution in [0, 0.1) is 6.92 Å². The van der Waals surface area contributed by atoms with Crippen LogP contribution in [0.5, 0.6) is 0 Å². The maximum Gasteiger partial charge on any atom is 0.264 e. The summed E-state index contributed by atoms with van der Waals surface area (Å²) in [6.07, 6.45) is 1.89. The highest BCUT2D eigenvalue weighted by Gasteiger charge is 2.35. The average Bonchev–Trinajstić information content (AvgIpc) is 3.04. The van der Waals surface area contributed by atoms with E-state index >= 15 is 0 Å². The van der Waals surface area contributed by atoms with E-state index in [2.05, 4.69) is 21.2 Å². The number of carbonyl (C=O) groups excluding carboxylic acids is 2. The minimum absolute atomic E-state index is 0.00902. The molecule has 0 unspecified atom stereocenters. The molecule has 0 aromatic heterocycles. The van der Waals surface area contributed by atoms with Gasteiger partial charge in [0.05, 0.1) is 20.6 Å². The molecule has 4 rings (SSSR count). The highest BCUT2D eigenvalue weighted by molar-refractivity contribution is 9.10. The molecule has 0 saturated carbocycles. The number of nitrogens with one attached hydrogen (secondary N) is 1. The van der Waals surface area contributed by atoms with Crippen molar-refractivity contribution in [2.24, 2.45) is 0 Å². The number of anilines is 1. The molecule has 0 aliphatic carbocycles. The SMILES string of the molecule is CCCCNC(=O)[C@@H](Cc1ccccc1)N(Cc1ccc(Br)cc1)C(=O)CN(c1cccc(Cl)c1Cl)S(=O)(=O)c1ccc(C)cc1. The van der Waals surface area contributed by atoms with Crippen molar-refractivity contribution >= 4 is 66.7 Å². The summed E-state index contributed by atoms with van der Waals surface area (Å²) >= 11 is 16.4. The summed E-state index contributed by atoms with van der Waals surface area (Å²) in [5, 5.41) is 3.12. The Morgan fingerprint density at radius 2 is 1.54 bits per heavy atom. The number of benzene rings is 4. The van der Waals surface area contributed by atoms with Crippen LogP contribution < -0.4 is 9.62 Å². The highest BCUT2D eigenvalue weighted by atomic mass is 79.9. The van der Waals surface area contributed by atoms with Crippen molar-refractivity contribution in [3.05, 3.63) is 128 Å². The molecule has 0 saturated heterocycles. The van der Waals surface area contributed by atoms with Gasteiger partial charge in [0.25, 0.3) is 10.0 Å². The fraction of sp³-hybridized carbons (Fsp3) is 0.257. The lowest BCUT2D eigenvalue weighted by Crippen LogP contribution is -2.53. The van der Waals surface area contributed by atoms with Gasteiger partial charge in [-0.3, -0.25) is 13.9 Å². The molecule has 4 aromatic rings. The Morgan fingerprint density at radius 3 is 2.20 bits per heavy atom. The van der Waals surface area contributed by atoms with E-state index in [9.17, 15) is 18.0 Å². The molecule has 7 nitrogen and oxygen atoms in total. The summed E-state index contributed by atoms with van der Waals surface area (Å²) in [5.74, 6) is -0.905. The molecule has 0 spiro atoms. The van der Waals surface area contributed by atoms with Crippen LogP contribution in [0.4, 0.5) is 5.69 Å². The maximum absolute atomic E-state index is 14.5. The van der Waals surface area contributed by atoms with Crippen molar-refractivity contribution in [3.63, 3.8) is 0 Å². The van der Waals surface area contributed by atoms with Crippen molar-refractivity contribution in [1.82, 2.24) is 10.2 Å². The Kier molecular flexibility index (Phi) is 12.7. The number of sulfonamides is 1. The lowest BCUT2D eigenvalue weighted by molar-refractivity contribution is -0.140. The molecular weight excluding hydrogens is 709 g/mol. The van der Waals surface area contributed by atoms with Gasteiger partial charge in [0.1, 0.15) is 12.6 Å². The van der Waals surface area contributed by atoms with E-state index in [1.54, 1.807) is 24.3 Å². The van der Waals surface area contributed by atoms with E-state index < -0.39 is 28.5 Å². The second-order valence-electron chi connectivity index (χ2n) is 10.9. The van der Waals surface area contributed by atoms with E-state index in [4.69, 9.17) is 23.2 Å². The quantitative estimate of drug-likeness (QED) is 0.134. The molecule has 2 amide bonds. The first-order chi connectivity index (χ1) is 22.0. The Balaban J connectivity index is 1.81. The standard InChI is InChI=1S/C35H36BrCl2N3O4S/c1-3-4-21-39-35(43)32(22-26-9-6-5-7-10-26)40(23-27-15-17-28(36)18-16-27)33(42)24-41(31-12-8-11-30(37)34(31)38)46(44,45)29-19-13-25(2)14-20-29/h5-20,32H,3-4,21-24H2,1-2H3,(H,39,43)/t32-/m1/s1. The number of carbonyl (C=O) groups is 2. The molecule has 242 valence electrons. The average molecular weight is 746 g/mol. The lowest BCUT2D eigenvalue weighted by atomic mass is 10.0. The van der Waals surface area contributed by atoms with Gasteiger partial charge in [-0.05, 0) is 60.9 Å². The Morgan fingerprint density at radius 1 is 0.870 bits per heavy atom. The van der Waals surface area contributed by atoms with Crippen LogP contribution >= 0.6 is 39.1 Å². The maximum atomic E-state index is 14.5. The second kappa shape index (κ2) is 16.5. The van der Waals surface area contributed by atoms with Crippen LogP contribution in [-0.2, 0) is 32.6 Å². The molecule has 0 heterocycles. The topological polar surface area (TPSA) is 86.8 Å². The Labute approximate surface area is 289 Å². The highest BCUT2D eigenvalue weighted by Crippen LogP contribution is 2.35. The molecule has 0 aliphatic rings. The number of hydrogen-bond donors (Lipinski definition) is 1. The fourth-order valence-electron chi connectivity index (χ4n) is 4.88. The van der Waals surface area contributed by atoms with Crippen molar-refractivity contribution in [2.45, 2.75) is 50.6 Å². The predicted octanol–water partition coefficient (Wildman–Crippen LogP) is 7.82. The fourth-order valence-corrected chi connectivity index (χ4v) is 7.02. The van der Waals surface area contributed by atoms with Gasteiger partial charge < -0.3 is 10.2 Å². The molecule has 46 heavy (non-hydrogen) atoms. The van der Waals surface area contributed by atoms with Gasteiger partial charge in [0.15, 0.2) is 0 Å². The van der Waals surface area contributed by atoms with Crippen molar-refractivity contribution in [1.29, 1.82) is 0 Å². The third kappa shape index (κ3) is 9.12. The third-order valence-corrected chi connectivity index (χ3v) is 10.6. The normalized spacial score (nSPS) is 11.9. The number of aryl methyl sites for hydroxylation is 1. The van der Waals surface area contributed by atoms with Gasteiger partial charge in [-0.15, -0.1) is 0 Å². The molecule has 0 aliphatic heterocycles. The van der Waals surface area contributed by atoms with Gasteiger partial charge in [-0.25, -0.2) is 8.42 Å². The zero-order chi connectivity index (χ0) is 33.3. The van der Waals surface area contributed by atoms with Crippen LogP contribution in [0.25, 0.3) is 0 Å². The minimum atomic E-state index is -4.30. The first-order valence-corrected chi connectivity index (χ1v) is 17.9. The first-order valence-electron chi connectivity index (χ1n) is 14.9. The molecule has 4 aromatic carbocycles. The number of hydrogen-bond acceptors (Lipinski definition) is 4.